The van der Waals surface area contributed by atoms with Gasteiger partial charge in [0.2, 0.25) is 29.1 Å². The molecule has 0 spiro atoms. The summed E-state index contributed by atoms with van der Waals surface area (Å²) >= 11 is 0. The van der Waals surface area contributed by atoms with Crippen LogP contribution in [0.1, 0.15) is 32.3 Å². The topological polar surface area (TPSA) is 64.6 Å². The predicted molar refractivity (Wildman–Crippen MR) is 107 cm³/mol. The number of hydrogen-bond acceptors (Lipinski definition) is 4. The molecule has 2 aromatic carbocycles. The first kappa shape index (κ1) is 25.7. The van der Waals surface area contributed by atoms with Crippen molar-refractivity contribution in [2.45, 2.75) is 39.2 Å². The first-order valence-corrected chi connectivity index (χ1v) is 11.0. The summed E-state index contributed by atoms with van der Waals surface area (Å²) in [5.41, 5.74) is 0.643. The van der Waals surface area contributed by atoms with Gasteiger partial charge in [-0.05, 0) is 11.5 Å². The second kappa shape index (κ2) is 11.9. The maximum Gasteiger partial charge on any atom is 0.664 e. The minimum Gasteiger partial charge on any atom is -0.464 e. The average Bonchev–Trinajstić information content (AvgIpc) is 2.80. The van der Waals surface area contributed by atoms with Gasteiger partial charge in [-0.1, -0.05) is 62.1 Å². The van der Waals surface area contributed by atoms with Gasteiger partial charge in [-0.15, -0.1) is 0 Å². The lowest BCUT2D eigenvalue weighted by atomic mass is 10.0. The summed E-state index contributed by atoms with van der Waals surface area (Å²) in [4.78, 5) is 12.6. The summed E-state index contributed by atoms with van der Waals surface area (Å²) in [5.74, 6) is -13.8. The molecule has 1 unspecified atom stereocenters. The smallest absolute Gasteiger partial charge is 0.464 e. The highest BCUT2D eigenvalue weighted by atomic mass is 31.1. The molecular formula is C21H22F5NO4P+. The zero-order valence-corrected chi connectivity index (χ0v) is 18.2. The number of esters is 1. The number of carbonyl (C=O) groups is 1. The highest BCUT2D eigenvalue weighted by Crippen LogP contribution is 2.34. The molecule has 1 N–H and O–H groups in total. The van der Waals surface area contributed by atoms with E-state index in [4.69, 9.17) is 4.74 Å². The highest BCUT2D eigenvalue weighted by Gasteiger charge is 2.37. The van der Waals surface area contributed by atoms with Crippen LogP contribution in [-0.2, 0) is 20.5 Å². The number of benzene rings is 2. The van der Waals surface area contributed by atoms with E-state index in [0.717, 1.165) is 12.8 Å². The van der Waals surface area contributed by atoms with Gasteiger partial charge in [-0.2, -0.15) is 8.78 Å². The maximum absolute atomic E-state index is 13.8. The number of rotatable bonds is 11. The molecule has 2 aromatic rings. The molecule has 0 bridgehead atoms. The van der Waals surface area contributed by atoms with Gasteiger partial charge in [0.05, 0.1) is 6.61 Å². The molecule has 0 saturated heterocycles. The van der Waals surface area contributed by atoms with Gasteiger partial charge < -0.3 is 4.74 Å². The molecule has 0 aliphatic rings. The van der Waals surface area contributed by atoms with E-state index in [9.17, 15) is 31.3 Å². The van der Waals surface area contributed by atoms with Crippen molar-refractivity contribution in [1.82, 2.24) is 5.09 Å². The van der Waals surface area contributed by atoms with Gasteiger partial charge in [-0.25, -0.2) is 17.7 Å². The van der Waals surface area contributed by atoms with E-state index in [1.54, 1.807) is 30.3 Å². The second-order valence-electron chi connectivity index (χ2n) is 6.93. The Morgan fingerprint density at radius 2 is 1.47 bits per heavy atom. The molecule has 0 saturated carbocycles. The third-order valence-electron chi connectivity index (χ3n) is 4.79. The lowest BCUT2D eigenvalue weighted by molar-refractivity contribution is -0.147. The average molecular weight is 478 g/mol. The Labute approximate surface area is 182 Å². The molecule has 2 atom stereocenters. The van der Waals surface area contributed by atoms with Crippen LogP contribution in [0.25, 0.3) is 0 Å². The molecule has 0 amide bonds. The molecule has 0 radical (unpaired) electrons. The zero-order chi connectivity index (χ0) is 23.8. The highest BCUT2D eigenvalue weighted by molar-refractivity contribution is 7.37. The number of hydrogen-bond donors (Lipinski definition) is 1. The van der Waals surface area contributed by atoms with Crippen LogP contribution in [0.2, 0.25) is 0 Å². The largest absolute Gasteiger partial charge is 0.664 e. The van der Waals surface area contributed by atoms with Crippen LogP contribution >= 0.6 is 8.18 Å². The molecule has 2 rings (SSSR count). The quantitative estimate of drug-likeness (QED) is 0.150. The van der Waals surface area contributed by atoms with Crippen molar-refractivity contribution in [3.8, 4) is 5.75 Å². The number of carbonyl (C=O) groups excluding carboxylic acids is 1. The third kappa shape index (κ3) is 6.46. The molecule has 0 heterocycles. The Balaban J connectivity index is 2.20. The Hall–Kier alpha value is -2.58. The molecule has 174 valence electrons. The van der Waals surface area contributed by atoms with E-state index in [-0.39, 0.29) is 18.9 Å². The lowest BCUT2D eigenvalue weighted by Crippen LogP contribution is -2.37. The summed E-state index contributed by atoms with van der Waals surface area (Å²) < 4.78 is 89.5. The van der Waals surface area contributed by atoms with E-state index >= 15 is 0 Å². The molecule has 11 heteroatoms. The minimum absolute atomic E-state index is 0.0237. The third-order valence-corrected chi connectivity index (χ3v) is 5.66. The van der Waals surface area contributed by atoms with Crippen molar-refractivity contribution < 1.29 is 40.6 Å². The predicted octanol–water partition coefficient (Wildman–Crippen LogP) is 5.60. The Morgan fingerprint density at radius 1 is 0.938 bits per heavy atom. The molecule has 5 nitrogen and oxygen atoms in total. The Kier molecular flexibility index (Phi) is 9.53. The Bertz CT molecular complexity index is 928. The fourth-order valence-electron chi connectivity index (χ4n) is 2.76. The van der Waals surface area contributed by atoms with Gasteiger partial charge in [0.15, 0.2) is 6.04 Å². The van der Waals surface area contributed by atoms with Crippen molar-refractivity contribution in [1.29, 1.82) is 0 Å². The van der Waals surface area contributed by atoms with Crippen LogP contribution in [0.3, 0.4) is 0 Å². The SMILES string of the molecule is CCC(CC)COC(=O)[C@H](Cc1ccccc1)N[P+](=O)Oc1c(F)c(F)c(F)c(F)c1F. The van der Waals surface area contributed by atoms with E-state index in [0.29, 0.717) is 5.56 Å². The second-order valence-corrected chi connectivity index (χ2v) is 7.89. The molecule has 0 aliphatic heterocycles. The van der Waals surface area contributed by atoms with Crippen molar-refractivity contribution in [2.75, 3.05) is 6.61 Å². The van der Waals surface area contributed by atoms with Gasteiger partial charge in [0, 0.05) is 11.0 Å². The van der Waals surface area contributed by atoms with E-state index in [1.807, 2.05) is 13.8 Å². The molecule has 0 aromatic heterocycles. The fourth-order valence-corrected chi connectivity index (χ4v) is 3.59. The monoisotopic (exact) mass is 478 g/mol. The summed E-state index contributed by atoms with van der Waals surface area (Å²) in [7, 11) is -3.26. The normalized spacial score (nSPS) is 12.6. The van der Waals surface area contributed by atoms with Crippen molar-refractivity contribution in [3.05, 3.63) is 65.0 Å². The Morgan fingerprint density at radius 3 is 2.00 bits per heavy atom. The van der Waals surface area contributed by atoms with Crippen LogP contribution in [0.15, 0.2) is 30.3 Å². The molecular weight excluding hydrogens is 456 g/mol. The van der Waals surface area contributed by atoms with E-state index in [2.05, 4.69) is 9.61 Å². The first-order chi connectivity index (χ1) is 15.2. The van der Waals surface area contributed by atoms with Gasteiger partial charge in [0.1, 0.15) is 0 Å². The standard InChI is InChI=1S/C21H22F5NO4P/c1-3-12(4-2)11-30-21(28)14(10-13-8-6-5-7-9-13)27-32(29)31-20-18(25)16(23)15(22)17(24)19(20)26/h5-9,12,14H,3-4,10-11H2,1-2H3,(H,27,29)/q+1/t14-/m0/s1. The zero-order valence-electron chi connectivity index (χ0n) is 17.3. The number of ether oxygens (including phenoxy) is 1. The maximum atomic E-state index is 13.8. The molecule has 32 heavy (non-hydrogen) atoms. The summed E-state index contributed by atoms with van der Waals surface area (Å²) in [6.45, 7) is 3.96. The fraction of sp³-hybridized carbons (Fsp3) is 0.381. The van der Waals surface area contributed by atoms with Crippen LogP contribution < -0.4 is 9.61 Å². The summed E-state index contributed by atoms with van der Waals surface area (Å²) in [6, 6.07) is 7.24. The van der Waals surface area contributed by atoms with Gasteiger partial charge in [0.25, 0.3) is 5.75 Å². The first-order valence-electron chi connectivity index (χ1n) is 9.82. The van der Waals surface area contributed by atoms with Crippen LogP contribution in [0, 0.1) is 35.0 Å². The number of nitrogens with one attached hydrogen (secondary N) is 1. The van der Waals surface area contributed by atoms with Crippen molar-refractivity contribution >= 4 is 14.1 Å². The van der Waals surface area contributed by atoms with Crippen LogP contribution in [-0.4, -0.2) is 18.6 Å². The van der Waals surface area contributed by atoms with Crippen LogP contribution in [0.5, 0.6) is 5.75 Å². The van der Waals surface area contributed by atoms with Gasteiger partial charge in [-0.3, -0.25) is 4.79 Å². The van der Waals surface area contributed by atoms with E-state index < -0.39 is 55.0 Å². The van der Waals surface area contributed by atoms with Crippen molar-refractivity contribution in [2.24, 2.45) is 5.92 Å². The lowest BCUT2D eigenvalue weighted by Gasteiger charge is -2.16. The molecule has 0 fully saturated rings. The molecule has 0 aliphatic carbocycles. The minimum atomic E-state index is -3.26. The number of halogens is 5. The van der Waals surface area contributed by atoms with Gasteiger partial charge >= 0.3 is 14.1 Å². The van der Waals surface area contributed by atoms with Crippen molar-refractivity contribution in [3.63, 3.8) is 0 Å². The summed E-state index contributed by atoms with van der Waals surface area (Å²) in [6.07, 6.45) is 1.50. The van der Waals surface area contributed by atoms with Crippen LogP contribution in [0.4, 0.5) is 22.0 Å². The summed E-state index contributed by atoms with van der Waals surface area (Å²) in [5, 5.41) is 2.22. The van der Waals surface area contributed by atoms with E-state index in [1.165, 1.54) is 0 Å².